The molecule has 0 bridgehead atoms. The molecule has 0 radical (unpaired) electrons. The molecular weight excluding hydrogens is 444 g/mol. The number of ether oxygens (including phenoxy) is 1. The fourth-order valence-corrected chi connectivity index (χ4v) is 6.09. The first kappa shape index (κ1) is 23.4. The van der Waals surface area contributed by atoms with Gasteiger partial charge in [-0.1, -0.05) is 62.4 Å². The average molecular weight is 477 g/mol. The lowest BCUT2D eigenvalue weighted by atomic mass is 9.98. The van der Waals surface area contributed by atoms with Gasteiger partial charge in [0.2, 0.25) is 5.91 Å². The van der Waals surface area contributed by atoms with Crippen LogP contribution in [0.1, 0.15) is 56.6 Å². The lowest BCUT2D eigenvalue weighted by Crippen LogP contribution is -2.46. The second-order valence-electron chi connectivity index (χ2n) is 10.7. The predicted molar refractivity (Wildman–Crippen MR) is 131 cm³/mol. The molecule has 2 aromatic carbocycles. The fraction of sp³-hybridized carbons (Fsp3) is 0.464. The Bertz CT molecular complexity index is 1120. The third-order valence-corrected chi connectivity index (χ3v) is 7.84. The first-order valence-electron chi connectivity index (χ1n) is 12.4. The quantitative estimate of drug-likeness (QED) is 0.527. The van der Waals surface area contributed by atoms with Crippen molar-refractivity contribution < 1.29 is 24.2 Å². The van der Waals surface area contributed by atoms with Gasteiger partial charge in [0.1, 0.15) is 12.6 Å². The van der Waals surface area contributed by atoms with Gasteiger partial charge in [0.15, 0.2) is 0 Å². The summed E-state index contributed by atoms with van der Waals surface area (Å²) in [6.45, 7) is 4.12. The molecule has 3 aliphatic rings. The van der Waals surface area contributed by atoms with Crippen LogP contribution in [0.4, 0.5) is 4.79 Å². The van der Waals surface area contributed by atoms with E-state index in [0.29, 0.717) is 19.3 Å². The van der Waals surface area contributed by atoms with Gasteiger partial charge in [-0.25, -0.2) is 9.59 Å². The Labute approximate surface area is 205 Å². The van der Waals surface area contributed by atoms with Crippen molar-refractivity contribution in [2.75, 3.05) is 6.61 Å². The van der Waals surface area contributed by atoms with E-state index in [0.717, 1.165) is 17.5 Å². The first-order valence-corrected chi connectivity index (χ1v) is 12.4. The molecule has 5 rings (SSSR count). The zero-order valence-electron chi connectivity index (χ0n) is 20.1. The molecule has 0 aliphatic heterocycles. The third kappa shape index (κ3) is 4.40. The molecule has 7 nitrogen and oxygen atoms in total. The Morgan fingerprint density at radius 3 is 2.26 bits per heavy atom. The van der Waals surface area contributed by atoms with Crippen LogP contribution < -0.4 is 10.6 Å². The van der Waals surface area contributed by atoms with Gasteiger partial charge >= 0.3 is 12.1 Å². The van der Waals surface area contributed by atoms with Gasteiger partial charge in [0.05, 0.1) is 5.41 Å². The summed E-state index contributed by atoms with van der Waals surface area (Å²) in [5.74, 6) is -0.874. The molecule has 2 amide bonds. The van der Waals surface area contributed by atoms with Crippen LogP contribution in [0.15, 0.2) is 48.5 Å². The summed E-state index contributed by atoms with van der Waals surface area (Å²) >= 11 is 0. The zero-order chi connectivity index (χ0) is 24.7. The summed E-state index contributed by atoms with van der Waals surface area (Å²) in [7, 11) is 0. The number of fused-ring (bicyclic) bond motifs is 4. The molecular formula is C28H32N2O5. The summed E-state index contributed by atoms with van der Waals surface area (Å²) in [5, 5.41) is 15.2. The van der Waals surface area contributed by atoms with E-state index in [4.69, 9.17) is 4.74 Å². The van der Waals surface area contributed by atoms with Crippen LogP contribution in [0.25, 0.3) is 11.1 Å². The van der Waals surface area contributed by atoms with E-state index in [1.807, 2.05) is 38.1 Å². The second kappa shape index (κ2) is 9.02. The largest absolute Gasteiger partial charge is 0.480 e. The number of rotatable bonds is 8. The Balaban J connectivity index is 1.16. The van der Waals surface area contributed by atoms with Crippen molar-refractivity contribution in [1.29, 1.82) is 0 Å². The molecule has 0 unspecified atom stereocenters. The van der Waals surface area contributed by atoms with Crippen LogP contribution in [0, 0.1) is 17.3 Å². The molecule has 0 saturated heterocycles. The lowest BCUT2D eigenvalue weighted by Gasteiger charge is -2.22. The second-order valence-corrected chi connectivity index (χ2v) is 10.7. The number of carboxylic acids is 1. The number of benzene rings is 2. The molecule has 0 aromatic heterocycles. The van der Waals surface area contributed by atoms with Gasteiger partial charge in [-0.05, 0) is 59.8 Å². The van der Waals surface area contributed by atoms with Crippen LogP contribution in [0.5, 0.6) is 0 Å². The maximum atomic E-state index is 13.0. The number of aliphatic carboxylic acids is 1. The number of carbonyl (C=O) groups excluding carboxylic acids is 2. The van der Waals surface area contributed by atoms with Gasteiger partial charge in [-0.3, -0.25) is 4.79 Å². The molecule has 184 valence electrons. The number of carboxylic acid groups (broad SMARTS) is 1. The van der Waals surface area contributed by atoms with Crippen molar-refractivity contribution >= 4 is 18.0 Å². The Hall–Kier alpha value is -3.35. The Kier molecular flexibility index (Phi) is 6.03. The van der Waals surface area contributed by atoms with E-state index in [1.54, 1.807) is 0 Å². The molecule has 35 heavy (non-hydrogen) atoms. The minimum atomic E-state index is -1.01. The molecule has 2 saturated carbocycles. The van der Waals surface area contributed by atoms with Crippen LogP contribution in [0.3, 0.4) is 0 Å². The molecule has 3 aliphatic carbocycles. The number of amides is 2. The van der Waals surface area contributed by atoms with E-state index in [1.165, 1.54) is 11.1 Å². The van der Waals surface area contributed by atoms with Crippen LogP contribution in [-0.4, -0.2) is 41.8 Å². The van der Waals surface area contributed by atoms with Crippen LogP contribution in [0.2, 0.25) is 0 Å². The smallest absolute Gasteiger partial charge is 0.407 e. The highest BCUT2D eigenvalue weighted by Crippen LogP contribution is 2.63. The van der Waals surface area contributed by atoms with E-state index in [9.17, 15) is 19.5 Å². The standard InChI is InChI=1S/C28H32N2O5/c1-16(2)11-24(25(31)32)30-26(33)28-13-17(28)12-18(14-28)29-27(34)35-15-23-21-9-5-3-7-19(21)20-8-4-6-10-22(20)23/h3-10,16-18,23-24H,11-15H2,1-2H3,(H,29,34)(H,30,33)(H,31,32)/t17-,18+,24-,28+/m1/s1. The van der Waals surface area contributed by atoms with Crippen molar-refractivity contribution in [2.24, 2.45) is 17.3 Å². The summed E-state index contributed by atoms with van der Waals surface area (Å²) < 4.78 is 5.66. The number of hydrogen-bond acceptors (Lipinski definition) is 4. The van der Waals surface area contributed by atoms with E-state index in [-0.39, 0.29) is 36.3 Å². The van der Waals surface area contributed by atoms with Gasteiger partial charge in [-0.15, -0.1) is 0 Å². The summed E-state index contributed by atoms with van der Waals surface area (Å²) in [6, 6.07) is 15.4. The van der Waals surface area contributed by atoms with E-state index in [2.05, 4.69) is 34.9 Å². The Morgan fingerprint density at radius 2 is 1.66 bits per heavy atom. The molecule has 2 fully saturated rings. The predicted octanol–water partition coefficient (Wildman–Crippen LogP) is 4.31. The number of alkyl carbamates (subject to hydrolysis) is 1. The van der Waals surface area contributed by atoms with Gasteiger partial charge in [0.25, 0.3) is 0 Å². The highest BCUT2D eigenvalue weighted by Gasteiger charge is 2.65. The number of hydrogen-bond donors (Lipinski definition) is 3. The molecule has 4 atom stereocenters. The fourth-order valence-electron chi connectivity index (χ4n) is 6.09. The van der Waals surface area contributed by atoms with Crippen molar-refractivity contribution in [3.8, 4) is 11.1 Å². The monoisotopic (exact) mass is 476 g/mol. The van der Waals surface area contributed by atoms with Crippen LogP contribution >= 0.6 is 0 Å². The lowest BCUT2D eigenvalue weighted by molar-refractivity contribution is -0.143. The average Bonchev–Trinajstić information content (AvgIpc) is 3.25. The van der Waals surface area contributed by atoms with Gasteiger partial charge in [-0.2, -0.15) is 0 Å². The Morgan fingerprint density at radius 1 is 1.03 bits per heavy atom. The van der Waals surface area contributed by atoms with Crippen LogP contribution in [-0.2, 0) is 14.3 Å². The molecule has 0 heterocycles. The minimum Gasteiger partial charge on any atom is -0.480 e. The molecule has 0 spiro atoms. The van der Waals surface area contributed by atoms with E-state index >= 15 is 0 Å². The molecule has 2 aromatic rings. The maximum absolute atomic E-state index is 13.0. The SMILES string of the molecule is CC(C)C[C@@H](NC(=O)[C@@]12C[C@@H](NC(=O)OCC3c4ccccc4-c4ccccc43)C[C@@H]1C2)C(=O)O. The normalized spacial score (nSPS) is 24.8. The first-order chi connectivity index (χ1) is 16.8. The zero-order valence-corrected chi connectivity index (χ0v) is 20.1. The highest BCUT2D eigenvalue weighted by molar-refractivity contribution is 5.90. The summed E-state index contributed by atoms with van der Waals surface area (Å²) in [4.78, 5) is 37.2. The number of carbonyl (C=O) groups is 3. The highest BCUT2D eigenvalue weighted by atomic mass is 16.5. The van der Waals surface area contributed by atoms with Gasteiger partial charge in [0, 0.05) is 12.0 Å². The maximum Gasteiger partial charge on any atom is 0.407 e. The van der Waals surface area contributed by atoms with Crippen molar-refractivity contribution in [2.45, 2.75) is 57.5 Å². The summed E-state index contributed by atoms with van der Waals surface area (Å²) in [5.41, 5.74) is 4.12. The molecule has 7 heteroatoms. The number of nitrogens with one attached hydrogen (secondary N) is 2. The van der Waals surface area contributed by atoms with Gasteiger partial charge < -0.3 is 20.5 Å². The minimum absolute atomic E-state index is 0.00356. The van der Waals surface area contributed by atoms with Crippen molar-refractivity contribution in [1.82, 2.24) is 10.6 Å². The summed E-state index contributed by atoms with van der Waals surface area (Å²) in [6.07, 6.45) is 1.89. The topological polar surface area (TPSA) is 105 Å². The van der Waals surface area contributed by atoms with E-state index < -0.39 is 23.5 Å². The van der Waals surface area contributed by atoms with Crippen molar-refractivity contribution in [3.05, 3.63) is 59.7 Å². The third-order valence-electron chi connectivity index (χ3n) is 7.84. The van der Waals surface area contributed by atoms with Crippen molar-refractivity contribution in [3.63, 3.8) is 0 Å². The molecule has 3 N–H and O–H groups in total.